The van der Waals surface area contributed by atoms with E-state index in [0.717, 1.165) is 42.8 Å². The Balaban J connectivity index is 1.56. The zero-order valence-corrected chi connectivity index (χ0v) is 18.7. The average molecular weight is 447 g/mol. The molecule has 0 amide bonds. The zero-order valence-electron chi connectivity index (χ0n) is 18.7. The van der Waals surface area contributed by atoms with Gasteiger partial charge in [0.05, 0.1) is 36.4 Å². The number of nitrogens with one attached hydrogen (secondary N) is 2. The molecular formula is C23H26N8O2. The summed E-state index contributed by atoms with van der Waals surface area (Å²) in [4.78, 5) is 27.9. The SMILES string of the molecule is CCOC(=O)c1[nH]ncc1CN1CCCC[C@@H]1c1cc(Nc2ccc(C#N)nc2)nc(C)n1. The fourth-order valence-electron chi connectivity index (χ4n) is 4.05. The summed E-state index contributed by atoms with van der Waals surface area (Å²) in [5.74, 6) is 0.946. The average Bonchev–Trinajstić information content (AvgIpc) is 3.28. The summed E-state index contributed by atoms with van der Waals surface area (Å²) in [6.07, 6.45) is 6.44. The largest absolute Gasteiger partial charge is 0.461 e. The minimum absolute atomic E-state index is 0.0880. The van der Waals surface area contributed by atoms with E-state index >= 15 is 0 Å². The maximum absolute atomic E-state index is 12.3. The van der Waals surface area contributed by atoms with Gasteiger partial charge in [0.15, 0.2) is 0 Å². The number of anilines is 2. The van der Waals surface area contributed by atoms with Crippen LogP contribution in [0.4, 0.5) is 11.5 Å². The van der Waals surface area contributed by atoms with Crippen LogP contribution in [0.15, 0.2) is 30.6 Å². The van der Waals surface area contributed by atoms with Gasteiger partial charge in [0.25, 0.3) is 0 Å². The number of piperidine rings is 1. The van der Waals surface area contributed by atoms with Gasteiger partial charge in [-0.25, -0.2) is 19.7 Å². The molecule has 1 fully saturated rings. The zero-order chi connectivity index (χ0) is 23.2. The molecule has 1 aliphatic heterocycles. The van der Waals surface area contributed by atoms with E-state index in [1.807, 2.05) is 19.1 Å². The van der Waals surface area contributed by atoms with Gasteiger partial charge >= 0.3 is 5.97 Å². The Bertz CT molecular complexity index is 1150. The van der Waals surface area contributed by atoms with Gasteiger partial charge in [0.2, 0.25) is 0 Å². The maximum atomic E-state index is 12.3. The third kappa shape index (κ3) is 5.32. The van der Waals surface area contributed by atoms with Gasteiger partial charge in [-0.1, -0.05) is 6.42 Å². The van der Waals surface area contributed by atoms with Crippen LogP contribution >= 0.6 is 0 Å². The Kier molecular flexibility index (Phi) is 6.90. The van der Waals surface area contributed by atoms with Gasteiger partial charge in [-0.15, -0.1) is 0 Å². The standard InChI is InChI=1S/C23H26N8O2/c1-3-33-23(32)22-16(12-26-30-22)14-31-9-5-4-6-20(31)19-10-21(28-15(2)27-19)29-18-8-7-17(11-24)25-13-18/h7-8,10,12-13,20H,3-6,9,14H2,1-2H3,(H,26,30)(H,27,28,29)/t20-/m1/s1. The van der Waals surface area contributed by atoms with Gasteiger partial charge in [-0.3, -0.25) is 10.00 Å². The molecule has 0 spiro atoms. The molecule has 1 aliphatic rings. The van der Waals surface area contributed by atoms with Crippen molar-refractivity contribution < 1.29 is 9.53 Å². The fraction of sp³-hybridized carbons (Fsp3) is 0.391. The van der Waals surface area contributed by atoms with Crippen LogP contribution in [-0.4, -0.2) is 49.2 Å². The molecule has 1 atom stereocenters. The first kappa shape index (κ1) is 22.4. The molecule has 1 saturated heterocycles. The van der Waals surface area contributed by atoms with Crippen molar-refractivity contribution in [3.63, 3.8) is 0 Å². The summed E-state index contributed by atoms with van der Waals surface area (Å²) in [5, 5.41) is 19.0. The van der Waals surface area contributed by atoms with E-state index in [1.54, 1.807) is 31.5 Å². The van der Waals surface area contributed by atoms with E-state index in [-0.39, 0.29) is 12.0 Å². The lowest BCUT2D eigenvalue weighted by Gasteiger charge is -2.35. The number of ether oxygens (including phenoxy) is 1. The Labute approximate surface area is 192 Å². The molecule has 0 bridgehead atoms. The summed E-state index contributed by atoms with van der Waals surface area (Å²) in [6, 6.07) is 7.51. The van der Waals surface area contributed by atoms with E-state index in [4.69, 9.17) is 15.0 Å². The molecule has 0 saturated carbocycles. The van der Waals surface area contributed by atoms with E-state index in [1.165, 1.54) is 0 Å². The normalized spacial score (nSPS) is 16.2. The van der Waals surface area contributed by atoms with Crippen molar-refractivity contribution in [3.8, 4) is 6.07 Å². The molecule has 3 aromatic heterocycles. The molecule has 0 aliphatic carbocycles. The highest BCUT2D eigenvalue weighted by molar-refractivity contribution is 5.88. The van der Waals surface area contributed by atoms with E-state index in [0.29, 0.717) is 36.2 Å². The molecule has 0 aromatic carbocycles. The van der Waals surface area contributed by atoms with Crippen molar-refractivity contribution in [2.45, 2.75) is 45.7 Å². The smallest absolute Gasteiger partial charge is 0.356 e. The summed E-state index contributed by atoms with van der Waals surface area (Å²) in [6.45, 7) is 5.43. The Morgan fingerprint density at radius 3 is 2.97 bits per heavy atom. The number of nitriles is 1. The first-order valence-electron chi connectivity index (χ1n) is 11.0. The number of rotatable bonds is 7. The predicted octanol–water partition coefficient (Wildman–Crippen LogP) is 3.42. The number of pyridine rings is 1. The number of esters is 1. The van der Waals surface area contributed by atoms with Crippen LogP contribution < -0.4 is 5.32 Å². The highest BCUT2D eigenvalue weighted by Gasteiger charge is 2.28. The van der Waals surface area contributed by atoms with E-state index in [9.17, 15) is 4.79 Å². The molecule has 2 N–H and O–H groups in total. The van der Waals surface area contributed by atoms with Gasteiger partial charge in [0, 0.05) is 18.2 Å². The molecule has 4 rings (SSSR count). The molecule has 10 heteroatoms. The number of aromatic nitrogens is 5. The number of carbonyl (C=O) groups is 1. The van der Waals surface area contributed by atoms with Gasteiger partial charge in [0.1, 0.15) is 29.1 Å². The predicted molar refractivity (Wildman–Crippen MR) is 121 cm³/mol. The highest BCUT2D eigenvalue weighted by atomic mass is 16.5. The fourth-order valence-corrected chi connectivity index (χ4v) is 4.05. The minimum atomic E-state index is -0.390. The first-order chi connectivity index (χ1) is 16.1. The molecule has 0 radical (unpaired) electrons. The van der Waals surface area contributed by atoms with Crippen LogP contribution in [0.5, 0.6) is 0 Å². The van der Waals surface area contributed by atoms with Crippen molar-refractivity contribution in [1.29, 1.82) is 5.26 Å². The molecule has 170 valence electrons. The minimum Gasteiger partial charge on any atom is -0.461 e. The molecule has 3 aromatic rings. The van der Waals surface area contributed by atoms with Crippen molar-refractivity contribution in [3.05, 3.63) is 59.1 Å². The van der Waals surface area contributed by atoms with E-state index < -0.39 is 0 Å². The monoisotopic (exact) mass is 446 g/mol. The number of H-pyrrole nitrogens is 1. The second kappa shape index (κ2) is 10.2. The second-order valence-electron chi connectivity index (χ2n) is 7.87. The molecular weight excluding hydrogens is 420 g/mol. The molecule has 4 heterocycles. The van der Waals surface area contributed by atoms with Gasteiger partial charge < -0.3 is 10.1 Å². The molecule has 10 nitrogen and oxygen atoms in total. The van der Waals surface area contributed by atoms with Crippen LogP contribution in [0.3, 0.4) is 0 Å². The number of nitrogens with zero attached hydrogens (tertiary/aromatic N) is 6. The maximum Gasteiger partial charge on any atom is 0.356 e. The van der Waals surface area contributed by atoms with Crippen LogP contribution in [-0.2, 0) is 11.3 Å². The summed E-state index contributed by atoms with van der Waals surface area (Å²) < 4.78 is 5.15. The highest BCUT2D eigenvalue weighted by Crippen LogP contribution is 2.32. The Morgan fingerprint density at radius 1 is 1.33 bits per heavy atom. The molecule has 0 unspecified atom stereocenters. The number of hydrogen-bond acceptors (Lipinski definition) is 9. The number of likely N-dealkylation sites (tertiary alicyclic amines) is 1. The van der Waals surface area contributed by atoms with Crippen LogP contribution in [0.1, 0.15) is 65.5 Å². The number of carbonyl (C=O) groups excluding carboxylic acids is 1. The number of aromatic amines is 1. The van der Waals surface area contributed by atoms with Crippen molar-refractivity contribution in [2.24, 2.45) is 0 Å². The topological polar surface area (TPSA) is 133 Å². The number of hydrogen-bond donors (Lipinski definition) is 2. The third-order valence-electron chi connectivity index (χ3n) is 5.53. The lowest BCUT2D eigenvalue weighted by Crippen LogP contribution is -2.34. The van der Waals surface area contributed by atoms with Crippen molar-refractivity contribution in [2.75, 3.05) is 18.5 Å². The first-order valence-corrected chi connectivity index (χ1v) is 11.0. The van der Waals surface area contributed by atoms with Crippen LogP contribution in [0.25, 0.3) is 0 Å². The van der Waals surface area contributed by atoms with Crippen LogP contribution in [0.2, 0.25) is 0 Å². The van der Waals surface area contributed by atoms with E-state index in [2.05, 4.69) is 30.4 Å². The summed E-state index contributed by atoms with van der Waals surface area (Å²) >= 11 is 0. The molecule has 33 heavy (non-hydrogen) atoms. The van der Waals surface area contributed by atoms with Crippen molar-refractivity contribution in [1.82, 2.24) is 30.0 Å². The summed E-state index contributed by atoms with van der Waals surface area (Å²) in [7, 11) is 0. The Hall–Kier alpha value is -3.84. The van der Waals surface area contributed by atoms with Gasteiger partial charge in [-0.2, -0.15) is 10.4 Å². The quantitative estimate of drug-likeness (QED) is 0.524. The summed E-state index contributed by atoms with van der Waals surface area (Å²) in [5.41, 5.74) is 3.24. The van der Waals surface area contributed by atoms with Gasteiger partial charge in [-0.05, 0) is 45.4 Å². The second-order valence-corrected chi connectivity index (χ2v) is 7.87. The lowest BCUT2D eigenvalue weighted by atomic mass is 9.98. The Morgan fingerprint density at radius 2 is 2.21 bits per heavy atom. The lowest BCUT2D eigenvalue weighted by molar-refractivity contribution is 0.0515. The number of aryl methyl sites for hydroxylation is 1. The third-order valence-corrected chi connectivity index (χ3v) is 5.53. The van der Waals surface area contributed by atoms with Crippen LogP contribution in [0, 0.1) is 18.3 Å². The van der Waals surface area contributed by atoms with Crippen molar-refractivity contribution >= 4 is 17.5 Å².